The minimum absolute atomic E-state index is 0.0452. The van der Waals surface area contributed by atoms with E-state index in [-0.39, 0.29) is 31.7 Å². The number of carbonyl (C=O) groups excluding carboxylic acids is 2. The number of fused-ring (bicyclic) bond motifs is 1. The van der Waals surface area contributed by atoms with Crippen LogP contribution in [0, 0.1) is 0 Å². The van der Waals surface area contributed by atoms with Crippen molar-refractivity contribution in [3.63, 3.8) is 0 Å². The zero-order chi connectivity index (χ0) is 17.9. The normalized spacial score (nSPS) is 19.5. The molecule has 1 aliphatic rings. The first-order chi connectivity index (χ1) is 11.2. The Labute approximate surface area is 141 Å². The van der Waals surface area contributed by atoms with Gasteiger partial charge in [-0.3, -0.25) is 9.59 Å². The van der Waals surface area contributed by atoms with Crippen LogP contribution in [0.4, 0.5) is 5.69 Å². The topological polar surface area (TPSA) is 91.1 Å². The molecule has 1 amide bonds. The van der Waals surface area contributed by atoms with Gasteiger partial charge in [-0.2, -0.15) is 0 Å². The van der Waals surface area contributed by atoms with E-state index < -0.39 is 11.6 Å². The maximum Gasteiger partial charge on any atom is 0.303 e. The second kappa shape index (κ2) is 6.98. The number of rotatable bonds is 4. The van der Waals surface area contributed by atoms with E-state index in [1.54, 1.807) is 23.1 Å². The molecule has 2 rings (SSSR count). The highest BCUT2D eigenvalue weighted by Crippen LogP contribution is 2.34. The molecule has 0 fully saturated rings. The highest BCUT2D eigenvalue weighted by molar-refractivity contribution is 5.74. The van der Waals surface area contributed by atoms with E-state index in [9.17, 15) is 9.59 Å². The monoisotopic (exact) mass is 336 g/mol. The molecule has 0 spiro atoms. The third kappa shape index (κ3) is 4.10. The highest BCUT2D eigenvalue weighted by atomic mass is 16.6. The molecule has 7 heteroatoms. The number of esters is 1. The second-order valence-corrected chi connectivity index (χ2v) is 6.30. The van der Waals surface area contributed by atoms with Crippen molar-refractivity contribution in [2.45, 2.75) is 39.3 Å². The summed E-state index contributed by atoms with van der Waals surface area (Å²) in [6.45, 7) is 6.94. The van der Waals surface area contributed by atoms with Gasteiger partial charge in [0.05, 0.1) is 6.54 Å². The van der Waals surface area contributed by atoms with Crippen molar-refractivity contribution in [1.29, 1.82) is 0 Å². The number of hydrogen-bond donors (Lipinski definition) is 1. The molecule has 2 N–H and O–H groups in total. The smallest absolute Gasteiger partial charge is 0.303 e. The van der Waals surface area contributed by atoms with Crippen LogP contribution in [0.25, 0.3) is 0 Å². The second-order valence-electron chi connectivity index (χ2n) is 6.30. The number of nitrogens with zero attached hydrogens (tertiary/aromatic N) is 1. The number of amides is 1. The predicted octanol–water partition coefficient (Wildman–Crippen LogP) is 1.60. The van der Waals surface area contributed by atoms with Gasteiger partial charge in [-0.1, -0.05) is 0 Å². The SMILES string of the molecule is CC(=O)OC1(CN(C(C)=O)C(C)C)COc2ccc(N)cc2OC1. The molecule has 1 atom stereocenters. The summed E-state index contributed by atoms with van der Waals surface area (Å²) >= 11 is 0. The van der Waals surface area contributed by atoms with Crippen LogP contribution >= 0.6 is 0 Å². The summed E-state index contributed by atoms with van der Waals surface area (Å²) in [5.74, 6) is 0.447. The molecular formula is C17H24N2O5. The minimum atomic E-state index is -1.09. The van der Waals surface area contributed by atoms with Gasteiger partial charge in [-0.15, -0.1) is 0 Å². The Kier molecular flexibility index (Phi) is 5.21. The first kappa shape index (κ1) is 17.9. The van der Waals surface area contributed by atoms with Crippen molar-refractivity contribution < 1.29 is 23.8 Å². The van der Waals surface area contributed by atoms with Gasteiger partial charge in [0.15, 0.2) is 17.1 Å². The highest BCUT2D eigenvalue weighted by Gasteiger charge is 2.41. The van der Waals surface area contributed by atoms with Gasteiger partial charge in [0.1, 0.15) is 13.2 Å². The van der Waals surface area contributed by atoms with Crippen LogP contribution in [0.15, 0.2) is 18.2 Å². The molecule has 1 unspecified atom stereocenters. The Bertz CT molecular complexity index is 631. The largest absolute Gasteiger partial charge is 0.485 e. The molecule has 1 heterocycles. The van der Waals surface area contributed by atoms with Crippen molar-refractivity contribution in [3.05, 3.63) is 18.2 Å². The lowest BCUT2D eigenvalue weighted by molar-refractivity contribution is -0.169. The van der Waals surface area contributed by atoms with Crippen LogP contribution in [-0.2, 0) is 14.3 Å². The lowest BCUT2D eigenvalue weighted by atomic mass is 10.0. The summed E-state index contributed by atoms with van der Waals surface area (Å²) in [7, 11) is 0. The molecule has 0 aliphatic carbocycles. The quantitative estimate of drug-likeness (QED) is 0.663. The van der Waals surface area contributed by atoms with Crippen molar-refractivity contribution in [1.82, 2.24) is 4.90 Å². The maximum absolute atomic E-state index is 11.9. The lowest BCUT2D eigenvalue weighted by Gasteiger charge is -2.37. The molecule has 132 valence electrons. The first-order valence-electron chi connectivity index (χ1n) is 7.84. The molecule has 1 aliphatic heterocycles. The summed E-state index contributed by atoms with van der Waals surface area (Å²) < 4.78 is 17.1. The summed E-state index contributed by atoms with van der Waals surface area (Å²) in [6.07, 6.45) is 0. The molecular weight excluding hydrogens is 312 g/mol. The number of hydrogen-bond acceptors (Lipinski definition) is 6. The van der Waals surface area contributed by atoms with Gasteiger partial charge in [0.25, 0.3) is 0 Å². The molecule has 0 bridgehead atoms. The third-order valence-corrected chi connectivity index (χ3v) is 3.80. The van der Waals surface area contributed by atoms with Crippen LogP contribution in [0.2, 0.25) is 0 Å². The molecule has 0 saturated carbocycles. The summed E-state index contributed by atoms with van der Waals surface area (Å²) in [5, 5.41) is 0. The van der Waals surface area contributed by atoms with E-state index in [0.717, 1.165) is 0 Å². The summed E-state index contributed by atoms with van der Waals surface area (Å²) in [4.78, 5) is 25.2. The number of ether oxygens (including phenoxy) is 3. The average molecular weight is 336 g/mol. The van der Waals surface area contributed by atoms with Crippen molar-refractivity contribution in [2.24, 2.45) is 0 Å². The summed E-state index contributed by atoms with van der Waals surface area (Å²) in [6, 6.07) is 5.03. The van der Waals surface area contributed by atoms with E-state index in [1.165, 1.54) is 13.8 Å². The van der Waals surface area contributed by atoms with Gasteiger partial charge < -0.3 is 24.8 Å². The molecule has 1 aromatic carbocycles. The standard InChI is InChI=1S/C17H24N2O5/c1-11(2)19(12(3)20)8-17(24-13(4)21)9-22-15-6-5-14(18)7-16(15)23-10-17/h5-7,11H,8-10,18H2,1-4H3. The number of anilines is 1. The van der Waals surface area contributed by atoms with Crippen LogP contribution in [0.1, 0.15) is 27.7 Å². The zero-order valence-electron chi connectivity index (χ0n) is 14.5. The van der Waals surface area contributed by atoms with E-state index in [4.69, 9.17) is 19.9 Å². The molecule has 1 aromatic rings. The number of carbonyl (C=O) groups is 2. The van der Waals surface area contributed by atoms with Crippen molar-refractivity contribution in [3.8, 4) is 11.5 Å². The number of nitrogen functional groups attached to an aromatic ring is 1. The van der Waals surface area contributed by atoms with Gasteiger partial charge in [-0.05, 0) is 26.0 Å². The van der Waals surface area contributed by atoms with Crippen LogP contribution in [-0.4, -0.2) is 48.2 Å². The molecule has 0 radical (unpaired) electrons. The fourth-order valence-electron chi connectivity index (χ4n) is 2.67. The third-order valence-electron chi connectivity index (χ3n) is 3.80. The van der Waals surface area contributed by atoms with Crippen LogP contribution in [0.5, 0.6) is 11.5 Å². The Hall–Kier alpha value is -2.44. The Morgan fingerprint density at radius 3 is 2.42 bits per heavy atom. The van der Waals surface area contributed by atoms with E-state index >= 15 is 0 Å². The average Bonchev–Trinajstić information content (AvgIpc) is 2.64. The Morgan fingerprint density at radius 2 is 1.88 bits per heavy atom. The van der Waals surface area contributed by atoms with Crippen LogP contribution < -0.4 is 15.2 Å². The molecule has 0 saturated heterocycles. The predicted molar refractivity (Wildman–Crippen MR) is 88.9 cm³/mol. The summed E-state index contributed by atoms with van der Waals surface area (Å²) in [5.41, 5.74) is 5.23. The number of nitrogens with two attached hydrogens (primary N) is 1. The lowest BCUT2D eigenvalue weighted by Crippen LogP contribution is -2.56. The first-order valence-corrected chi connectivity index (χ1v) is 7.84. The fourth-order valence-corrected chi connectivity index (χ4v) is 2.67. The molecule has 24 heavy (non-hydrogen) atoms. The number of benzene rings is 1. The van der Waals surface area contributed by atoms with Crippen LogP contribution in [0.3, 0.4) is 0 Å². The Balaban J connectivity index is 2.29. The van der Waals surface area contributed by atoms with Gasteiger partial charge in [0, 0.05) is 31.6 Å². The van der Waals surface area contributed by atoms with E-state index in [0.29, 0.717) is 17.2 Å². The van der Waals surface area contributed by atoms with Crippen molar-refractivity contribution in [2.75, 3.05) is 25.5 Å². The Morgan fingerprint density at radius 1 is 1.25 bits per heavy atom. The minimum Gasteiger partial charge on any atom is -0.485 e. The van der Waals surface area contributed by atoms with Gasteiger partial charge in [-0.25, -0.2) is 0 Å². The van der Waals surface area contributed by atoms with Gasteiger partial charge >= 0.3 is 5.97 Å². The van der Waals surface area contributed by atoms with Crippen molar-refractivity contribution >= 4 is 17.6 Å². The fraction of sp³-hybridized carbons (Fsp3) is 0.529. The van der Waals surface area contributed by atoms with Gasteiger partial charge in [0.2, 0.25) is 5.91 Å². The molecule has 7 nitrogen and oxygen atoms in total. The molecule has 0 aromatic heterocycles. The van der Waals surface area contributed by atoms with E-state index in [1.807, 2.05) is 13.8 Å². The van der Waals surface area contributed by atoms with E-state index in [2.05, 4.69) is 0 Å². The maximum atomic E-state index is 11.9. The zero-order valence-corrected chi connectivity index (χ0v) is 14.5.